The van der Waals surface area contributed by atoms with Crippen molar-refractivity contribution in [2.75, 3.05) is 13.1 Å². The molecule has 2 aromatic heterocycles. The number of nitrogens with one attached hydrogen (secondary N) is 1. The van der Waals surface area contributed by atoms with Gasteiger partial charge in [-0.15, -0.1) is 0 Å². The number of aliphatic imine (C=N–C) groups is 1. The molecule has 0 saturated carbocycles. The fourth-order valence-corrected chi connectivity index (χ4v) is 4.89. The maximum Gasteiger partial charge on any atom is 0.173 e. The normalized spacial score (nSPS) is 16.3. The predicted molar refractivity (Wildman–Crippen MR) is 134 cm³/mol. The molecule has 0 fully saturated rings. The second kappa shape index (κ2) is 9.39. The fraction of sp³-hybridized carbons (Fsp3) is 0.321. The van der Waals surface area contributed by atoms with Crippen LogP contribution in [0.15, 0.2) is 65.9 Å². The zero-order chi connectivity index (χ0) is 22.7. The molecule has 0 saturated heterocycles. The van der Waals surface area contributed by atoms with Crippen molar-refractivity contribution in [3.05, 3.63) is 89.1 Å². The second-order valence-corrected chi connectivity index (χ2v) is 9.21. The second-order valence-electron chi connectivity index (χ2n) is 9.21. The third-order valence-corrected chi connectivity index (χ3v) is 6.78. The number of aromatic amines is 1. The van der Waals surface area contributed by atoms with Crippen molar-refractivity contribution in [3.8, 4) is 5.75 Å². The first-order chi connectivity index (χ1) is 16.8. The topological polar surface area (TPSA) is 66.4 Å². The molecule has 4 aromatic rings. The molecule has 172 valence electrons. The molecule has 4 heterocycles. The Kier molecular flexibility index (Phi) is 5.81. The molecular weight excluding hydrogens is 422 g/mol. The number of nitrogens with zero attached hydrogens (tertiary/aromatic N) is 4. The van der Waals surface area contributed by atoms with E-state index < -0.39 is 0 Å². The number of aromatic nitrogens is 3. The first-order valence-electron chi connectivity index (χ1n) is 12.2. The van der Waals surface area contributed by atoms with Crippen LogP contribution in [0.25, 0.3) is 10.9 Å². The lowest BCUT2D eigenvalue weighted by Crippen LogP contribution is -2.31. The summed E-state index contributed by atoms with van der Waals surface area (Å²) in [6.45, 7) is 4.23. The lowest BCUT2D eigenvalue weighted by molar-refractivity contribution is 0.243. The molecule has 6 rings (SSSR count). The van der Waals surface area contributed by atoms with Crippen LogP contribution in [0.1, 0.15) is 47.5 Å². The Labute approximate surface area is 199 Å². The summed E-state index contributed by atoms with van der Waals surface area (Å²) >= 11 is 0. The smallest absolute Gasteiger partial charge is 0.173 e. The van der Waals surface area contributed by atoms with E-state index in [2.05, 4.69) is 50.3 Å². The number of benzene rings is 2. The molecule has 0 bridgehead atoms. The Balaban J connectivity index is 1.15. The summed E-state index contributed by atoms with van der Waals surface area (Å²) in [7, 11) is 0. The molecule has 0 unspecified atom stereocenters. The van der Waals surface area contributed by atoms with Crippen LogP contribution in [0.5, 0.6) is 5.75 Å². The van der Waals surface area contributed by atoms with Crippen LogP contribution in [-0.4, -0.2) is 38.7 Å². The van der Waals surface area contributed by atoms with Crippen molar-refractivity contribution >= 4 is 16.6 Å². The third-order valence-electron chi connectivity index (χ3n) is 6.78. The first-order valence-corrected chi connectivity index (χ1v) is 12.2. The van der Waals surface area contributed by atoms with Gasteiger partial charge in [0.05, 0.1) is 11.4 Å². The highest BCUT2D eigenvalue weighted by atomic mass is 16.5. The average Bonchev–Trinajstić information content (AvgIpc) is 3.30. The van der Waals surface area contributed by atoms with E-state index in [1.807, 2.05) is 30.5 Å². The summed E-state index contributed by atoms with van der Waals surface area (Å²) in [6.07, 6.45) is 8.47. The maximum absolute atomic E-state index is 6.07. The van der Waals surface area contributed by atoms with E-state index in [1.54, 1.807) is 0 Å². The van der Waals surface area contributed by atoms with Gasteiger partial charge in [-0.1, -0.05) is 30.3 Å². The molecule has 0 atom stereocenters. The standard InChI is InChI=1S/C28H29N5O/c1-2-6-20(7-3-1)19-34-23-9-10-26-24(14-23)21(15-30-26)17-33-13-11-25-22(18-33)16-31-28(32-25)27-8-4-5-12-29-27/h1-3,6-7,9-10,14-16,30H,4-5,8,11-13,17-19H2. The summed E-state index contributed by atoms with van der Waals surface area (Å²) < 4.78 is 6.07. The van der Waals surface area contributed by atoms with Gasteiger partial charge in [-0.05, 0) is 48.6 Å². The van der Waals surface area contributed by atoms with Gasteiger partial charge in [-0.2, -0.15) is 0 Å². The number of rotatable bonds is 6. The Morgan fingerprint density at radius 1 is 1.03 bits per heavy atom. The summed E-state index contributed by atoms with van der Waals surface area (Å²) in [4.78, 5) is 20.1. The van der Waals surface area contributed by atoms with Gasteiger partial charge in [0, 0.05) is 61.5 Å². The number of ether oxygens (including phenoxy) is 1. The predicted octanol–water partition coefficient (Wildman–Crippen LogP) is 5.07. The summed E-state index contributed by atoms with van der Waals surface area (Å²) in [5.41, 5.74) is 7.10. The Bertz CT molecular complexity index is 1330. The molecule has 6 nitrogen and oxygen atoms in total. The lowest BCUT2D eigenvalue weighted by atomic mass is 10.0. The van der Waals surface area contributed by atoms with Gasteiger partial charge in [-0.3, -0.25) is 9.89 Å². The quantitative estimate of drug-likeness (QED) is 0.445. The summed E-state index contributed by atoms with van der Waals surface area (Å²) in [6, 6.07) is 16.6. The Hall–Kier alpha value is -3.51. The molecule has 34 heavy (non-hydrogen) atoms. The van der Waals surface area contributed by atoms with E-state index in [0.717, 1.165) is 61.8 Å². The van der Waals surface area contributed by atoms with Crippen LogP contribution in [0.3, 0.4) is 0 Å². The minimum absolute atomic E-state index is 0.573. The summed E-state index contributed by atoms with van der Waals surface area (Å²) in [5, 5.41) is 1.22. The maximum atomic E-state index is 6.07. The van der Waals surface area contributed by atoms with E-state index in [9.17, 15) is 0 Å². The van der Waals surface area contributed by atoms with Gasteiger partial charge in [0.15, 0.2) is 5.82 Å². The first kappa shape index (κ1) is 21.1. The van der Waals surface area contributed by atoms with Crippen molar-refractivity contribution in [2.45, 2.75) is 45.4 Å². The van der Waals surface area contributed by atoms with E-state index in [-0.39, 0.29) is 0 Å². The SMILES string of the molecule is c1ccc(COc2ccc3[nH]cc(CN4CCc5nc(C6=NCCCC6)ncc5C4)c3c2)cc1. The molecule has 2 aliphatic rings. The number of hydrogen-bond acceptors (Lipinski definition) is 5. The average molecular weight is 452 g/mol. The van der Waals surface area contributed by atoms with Crippen molar-refractivity contribution in [3.63, 3.8) is 0 Å². The molecular formula is C28H29N5O. The van der Waals surface area contributed by atoms with Crippen molar-refractivity contribution in [1.82, 2.24) is 19.9 Å². The molecule has 0 radical (unpaired) electrons. The van der Waals surface area contributed by atoms with E-state index >= 15 is 0 Å². The molecule has 2 aliphatic heterocycles. The highest BCUT2D eigenvalue weighted by Crippen LogP contribution is 2.27. The Morgan fingerprint density at radius 3 is 2.85 bits per heavy atom. The zero-order valence-corrected chi connectivity index (χ0v) is 19.3. The molecule has 1 N–H and O–H groups in total. The molecule has 2 aromatic carbocycles. The van der Waals surface area contributed by atoms with Crippen molar-refractivity contribution < 1.29 is 4.74 Å². The highest BCUT2D eigenvalue weighted by molar-refractivity contribution is 5.97. The van der Waals surface area contributed by atoms with Crippen molar-refractivity contribution in [2.24, 2.45) is 4.99 Å². The van der Waals surface area contributed by atoms with E-state index in [1.165, 1.54) is 40.6 Å². The van der Waals surface area contributed by atoms with Gasteiger partial charge in [0.2, 0.25) is 0 Å². The van der Waals surface area contributed by atoms with Gasteiger partial charge >= 0.3 is 0 Å². The van der Waals surface area contributed by atoms with Crippen LogP contribution in [0.2, 0.25) is 0 Å². The highest BCUT2D eigenvalue weighted by Gasteiger charge is 2.21. The summed E-state index contributed by atoms with van der Waals surface area (Å²) in [5.74, 6) is 1.74. The number of fused-ring (bicyclic) bond motifs is 2. The molecule has 6 heteroatoms. The van der Waals surface area contributed by atoms with Gasteiger partial charge in [0.1, 0.15) is 12.4 Å². The van der Waals surface area contributed by atoms with Crippen LogP contribution >= 0.6 is 0 Å². The van der Waals surface area contributed by atoms with Crippen LogP contribution < -0.4 is 4.74 Å². The van der Waals surface area contributed by atoms with Crippen LogP contribution in [0, 0.1) is 0 Å². The fourth-order valence-electron chi connectivity index (χ4n) is 4.89. The van der Waals surface area contributed by atoms with Crippen LogP contribution in [0.4, 0.5) is 0 Å². The minimum atomic E-state index is 0.573. The largest absolute Gasteiger partial charge is 0.489 e. The van der Waals surface area contributed by atoms with Gasteiger partial charge < -0.3 is 9.72 Å². The number of H-pyrrole nitrogens is 1. The van der Waals surface area contributed by atoms with Crippen LogP contribution in [-0.2, 0) is 26.1 Å². The third kappa shape index (κ3) is 4.46. The monoisotopic (exact) mass is 451 g/mol. The lowest BCUT2D eigenvalue weighted by Gasteiger charge is -2.28. The molecule has 0 amide bonds. The van der Waals surface area contributed by atoms with Gasteiger partial charge in [-0.25, -0.2) is 9.97 Å². The minimum Gasteiger partial charge on any atom is -0.489 e. The number of hydrogen-bond donors (Lipinski definition) is 1. The van der Waals surface area contributed by atoms with Gasteiger partial charge in [0.25, 0.3) is 0 Å². The molecule has 0 aliphatic carbocycles. The zero-order valence-electron chi connectivity index (χ0n) is 19.3. The molecule has 0 spiro atoms. The van der Waals surface area contributed by atoms with Crippen molar-refractivity contribution in [1.29, 1.82) is 0 Å². The van der Waals surface area contributed by atoms with E-state index in [4.69, 9.17) is 9.72 Å². The van der Waals surface area contributed by atoms with E-state index in [0.29, 0.717) is 6.61 Å². The Morgan fingerprint density at radius 2 is 1.97 bits per heavy atom.